The molecule has 0 spiro atoms. The number of thiazole rings is 1. The van der Waals surface area contributed by atoms with E-state index in [0.29, 0.717) is 0 Å². The van der Waals surface area contributed by atoms with Gasteiger partial charge in [0.25, 0.3) is 5.69 Å². The van der Waals surface area contributed by atoms with Gasteiger partial charge in [-0.3, -0.25) is 14.5 Å². The zero-order chi connectivity index (χ0) is 13.0. The molecule has 2 aromatic carbocycles. The molecule has 92 valence electrons. The molecule has 0 bridgehead atoms. The van der Waals surface area contributed by atoms with E-state index in [9.17, 15) is 10.1 Å². The van der Waals surface area contributed by atoms with Crippen molar-refractivity contribution < 1.29 is 4.92 Å². The van der Waals surface area contributed by atoms with Crippen molar-refractivity contribution >= 4 is 43.2 Å². The quantitative estimate of drug-likeness (QED) is 0.392. The standard InChI is InChI=1S/C13H7N3O2S/c17-16(18)8-5-6-12-11(7-8)15-10-4-2-1-3-9(10)14-13(15)19-12/h1-7H. The lowest BCUT2D eigenvalue weighted by Crippen LogP contribution is -1.88. The molecule has 0 saturated heterocycles. The first-order valence-corrected chi connectivity index (χ1v) is 6.50. The molecule has 0 atom stereocenters. The van der Waals surface area contributed by atoms with Crippen LogP contribution >= 0.6 is 11.3 Å². The Balaban J connectivity index is 2.22. The minimum absolute atomic E-state index is 0.102. The van der Waals surface area contributed by atoms with Crippen molar-refractivity contribution in [1.29, 1.82) is 0 Å². The van der Waals surface area contributed by atoms with Gasteiger partial charge in [0.1, 0.15) is 0 Å². The lowest BCUT2D eigenvalue weighted by Gasteiger charge is -1.95. The zero-order valence-corrected chi connectivity index (χ0v) is 10.4. The molecule has 0 N–H and O–H groups in total. The number of imidazole rings is 1. The Morgan fingerprint density at radius 1 is 1.16 bits per heavy atom. The predicted molar refractivity (Wildman–Crippen MR) is 74.7 cm³/mol. The first-order valence-electron chi connectivity index (χ1n) is 5.68. The van der Waals surface area contributed by atoms with E-state index < -0.39 is 0 Å². The van der Waals surface area contributed by atoms with E-state index >= 15 is 0 Å². The molecule has 2 heterocycles. The van der Waals surface area contributed by atoms with Gasteiger partial charge in [0.15, 0.2) is 4.96 Å². The monoisotopic (exact) mass is 269 g/mol. The molecule has 19 heavy (non-hydrogen) atoms. The van der Waals surface area contributed by atoms with E-state index in [1.54, 1.807) is 12.1 Å². The van der Waals surface area contributed by atoms with Gasteiger partial charge >= 0.3 is 0 Å². The highest BCUT2D eigenvalue weighted by Crippen LogP contribution is 2.32. The van der Waals surface area contributed by atoms with E-state index in [1.807, 2.05) is 28.7 Å². The summed E-state index contributed by atoms with van der Waals surface area (Å²) in [5, 5.41) is 10.9. The Hall–Kier alpha value is -2.47. The van der Waals surface area contributed by atoms with Gasteiger partial charge in [0.2, 0.25) is 0 Å². The van der Waals surface area contributed by atoms with Crippen molar-refractivity contribution in [3.63, 3.8) is 0 Å². The summed E-state index contributed by atoms with van der Waals surface area (Å²) in [5.41, 5.74) is 2.82. The van der Waals surface area contributed by atoms with Crippen molar-refractivity contribution in [2.75, 3.05) is 0 Å². The number of nitrogens with zero attached hydrogens (tertiary/aromatic N) is 3. The third kappa shape index (κ3) is 1.37. The van der Waals surface area contributed by atoms with Crippen LogP contribution in [0.3, 0.4) is 0 Å². The Morgan fingerprint density at radius 3 is 2.84 bits per heavy atom. The van der Waals surface area contributed by atoms with Gasteiger partial charge in [-0.1, -0.05) is 23.5 Å². The number of para-hydroxylation sites is 2. The normalized spacial score (nSPS) is 11.6. The number of hydrogen-bond acceptors (Lipinski definition) is 4. The lowest BCUT2D eigenvalue weighted by molar-refractivity contribution is -0.384. The molecule has 0 fully saturated rings. The molecular formula is C13H7N3O2S. The second kappa shape index (κ2) is 3.52. The summed E-state index contributed by atoms with van der Waals surface area (Å²) in [4.78, 5) is 15.9. The summed E-state index contributed by atoms with van der Waals surface area (Å²) in [5.74, 6) is 0. The minimum atomic E-state index is -0.373. The number of aromatic nitrogens is 2. The Kier molecular flexibility index (Phi) is 1.94. The number of rotatable bonds is 1. The van der Waals surface area contributed by atoms with Gasteiger partial charge in [-0.2, -0.15) is 0 Å². The number of nitro benzene ring substituents is 1. The molecule has 0 saturated carbocycles. The van der Waals surface area contributed by atoms with Crippen LogP contribution in [-0.2, 0) is 0 Å². The Labute approximate surface area is 110 Å². The summed E-state index contributed by atoms with van der Waals surface area (Å²) >= 11 is 1.54. The molecule has 0 amide bonds. The molecular weight excluding hydrogens is 262 g/mol. The van der Waals surface area contributed by atoms with Crippen molar-refractivity contribution in [1.82, 2.24) is 9.38 Å². The van der Waals surface area contributed by atoms with Crippen LogP contribution in [0.2, 0.25) is 0 Å². The lowest BCUT2D eigenvalue weighted by atomic mass is 10.3. The number of fused-ring (bicyclic) bond motifs is 5. The molecule has 0 radical (unpaired) electrons. The second-order valence-corrected chi connectivity index (χ2v) is 5.24. The maximum absolute atomic E-state index is 10.9. The number of nitro groups is 1. The zero-order valence-electron chi connectivity index (χ0n) is 9.61. The van der Waals surface area contributed by atoms with Crippen LogP contribution in [0.1, 0.15) is 0 Å². The largest absolute Gasteiger partial charge is 0.283 e. The summed E-state index contributed by atoms with van der Waals surface area (Å²) in [6.07, 6.45) is 0. The summed E-state index contributed by atoms with van der Waals surface area (Å²) in [6.45, 7) is 0. The summed E-state index contributed by atoms with van der Waals surface area (Å²) < 4.78 is 2.97. The Morgan fingerprint density at radius 2 is 2.00 bits per heavy atom. The molecule has 0 unspecified atom stereocenters. The highest BCUT2D eigenvalue weighted by atomic mass is 32.1. The molecule has 0 aliphatic carbocycles. The molecule has 6 heteroatoms. The molecule has 4 aromatic rings. The first-order chi connectivity index (χ1) is 9.24. The maximum Gasteiger partial charge on any atom is 0.271 e. The highest BCUT2D eigenvalue weighted by molar-refractivity contribution is 7.23. The van der Waals surface area contributed by atoms with Crippen LogP contribution in [0.25, 0.3) is 26.2 Å². The topological polar surface area (TPSA) is 60.4 Å². The fraction of sp³-hybridized carbons (Fsp3) is 0. The number of non-ortho nitro benzene ring substituents is 1. The van der Waals surface area contributed by atoms with E-state index in [4.69, 9.17) is 0 Å². The van der Waals surface area contributed by atoms with Crippen LogP contribution in [0, 0.1) is 10.1 Å². The van der Waals surface area contributed by atoms with Crippen molar-refractivity contribution in [3.05, 3.63) is 52.6 Å². The fourth-order valence-electron chi connectivity index (χ4n) is 2.28. The van der Waals surface area contributed by atoms with Crippen molar-refractivity contribution in [2.24, 2.45) is 0 Å². The first kappa shape index (κ1) is 10.5. The van der Waals surface area contributed by atoms with E-state index in [1.165, 1.54) is 17.4 Å². The SMILES string of the molecule is O=[N+]([O-])c1ccc2sc3nc4ccccc4n3c2c1. The summed E-state index contributed by atoms with van der Waals surface area (Å²) in [6, 6.07) is 12.7. The average Bonchev–Trinajstić information content (AvgIpc) is 2.92. The second-order valence-electron chi connectivity index (χ2n) is 4.23. The van der Waals surface area contributed by atoms with Gasteiger partial charge in [0, 0.05) is 12.1 Å². The third-order valence-electron chi connectivity index (χ3n) is 3.13. The molecule has 0 aliphatic rings. The Bertz CT molecular complexity index is 954. The van der Waals surface area contributed by atoms with Crippen LogP contribution in [0.5, 0.6) is 0 Å². The van der Waals surface area contributed by atoms with E-state index in [-0.39, 0.29) is 10.6 Å². The summed E-state index contributed by atoms with van der Waals surface area (Å²) in [7, 11) is 0. The average molecular weight is 269 g/mol. The highest BCUT2D eigenvalue weighted by Gasteiger charge is 2.14. The van der Waals surface area contributed by atoms with Crippen molar-refractivity contribution in [2.45, 2.75) is 0 Å². The molecule has 4 rings (SSSR count). The van der Waals surface area contributed by atoms with Gasteiger partial charge in [0.05, 0.1) is 26.2 Å². The molecule has 2 aromatic heterocycles. The smallest absolute Gasteiger partial charge is 0.271 e. The van der Waals surface area contributed by atoms with Crippen LogP contribution in [0.15, 0.2) is 42.5 Å². The minimum Gasteiger partial charge on any atom is -0.283 e. The van der Waals surface area contributed by atoms with Gasteiger partial charge in [-0.15, -0.1) is 0 Å². The van der Waals surface area contributed by atoms with Gasteiger partial charge in [-0.05, 0) is 18.2 Å². The molecule has 0 aliphatic heterocycles. The van der Waals surface area contributed by atoms with Crippen LogP contribution in [-0.4, -0.2) is 14.3 Å². The van der Waals surface area contributed by atoms with Gasteiger partial charge in [-0.25, -0.2) is 4.98 Å². The third-order valence-corrected chi connectivity index (χ3v) is 4.15. The van der Waals surface area contributed by atoms with Crippen LogP contribution < -0.4 is 0 Å². The van der Waals surface area contributed by atoms with Crippen LogP contribution in [0.4, 0.5) is 5.69 Å². The van der Waals surface area contributed by atoms with E-state index in [2.05, 4.69) is 4.98 Å². The van der Waals surface area contributed by atoms with Crippen molar-refractivity contribution in [3.8, 4) is 0 Å². The maximum atomic E-state index is 10.9. The fourth-order valence-corrected chi connectivity index (χ4v) is 3.30. The van der Waals surface area contributed by atoms with E-state index in [0.717, 1.165) is 26.2 Å². The number of benzene rings is 2. The van der Waals surface area contributed by atoms with Gasteiger partial charge < -0.3 is 0 Å². The number of hydrogen-bond donors (Lipinski definition) is 0. The predicted octanol–water partition coefficient (Wildman–Crippen LogP) is 3.61. The molecule has 5 nitrogen and oxygen atoms in total.